The van der Waals surface area contributed by atoms with Crippen LogP contribution < -0.4 is 5.32 Å². The fraction of sp³-hybridized carbons (Fsp3) is 0.500. The Balaban J connectivity index is 2.55. The summed E-state index contributed by atoms with van der Waals surface area (Å²) in [6.45, 7) is 0. The standard InChI is InChI=1S/C8H12ClN/c1-10-8-4-2-3-7(9)5-6-8/h2-3,6-7,10H,4-5H2,1H3. The van der Waals surface area contributed by atoms with Gasteiger partial charge in [-0.1, -0.05) is 18.2 Å². The van der Waals surface area contributed by atoms with Crippen molar-refractivity contribution >= 4 is 11.6 Å². The van der Waals surface area contributed by atoms with Gasteiger partial charge in [-0.15, -0.1) is 11.6 Å². The second kappa shape index (κ2) is 3.67. The van der Waals surface area contributed by atoms with Crippen molar-refractivity contribution in [3.63, 3.8) is 0 Å². The van der Waals surface area contributed by atoms with Crippen LogP contribution in [0.5, 0.6) is 0 Å². The van der Waals surface area contributed by atoms with Crippen molar-refractivity contribution in [2.75, 3.05) is 7.05 Å². The molecule has 0 fully saturated rings. The van der Waals surface area contributed by atoms with E-state index in [9.17, 15) is 0 Å². The van der Waals surface area contributed by atoms with Crippen molar-refractivity contribution in [3.8, 4) is 0 Å². The number of rotatable bonds is 1. The number of nitrogens with one attached hydrogen (secondary N) is 1. The molecule has 1 N–H and O–H groups in total. The Morgan fingerprint density at radius 3 is 3.20 bits per heavy atom. The number of hydrogen-bond acceptors (Lipinski definition) is 1. The zero-order chi connectivity index (χ0) is 7.40. The minimum Gasteiger partial charge on any atom is -0.391 e. The van der Waals surface area contributed by atoms with E-state index < -0.39 is 0 Å². The first-order valence-electron chi connectivity index (χ1n) is 3.50. The van der Waals surface area contributed by atoms with Gasteiger partial charge in [0.2, 0.25) is 0 Å². The van der Waals surface area contributed by atoms with E-state index in [-0.39, 0.29) is 5.38 Å². The zero-order valence-electron chi connectivity index (χ0n) is 6.10. The van der Waals surface area contributed by atoms with E-state index in [4.69, 9.17) is 11.6 Å². The molecule has 1 rings (SSSR count). The monoisotopic (exact) mass is 157 g/mol. The quantitative estimate of drug-likeness (QED) is 0.454. The van der Waals surface area contributed by atoms with Gasteiger partial charge in [0.05, 0.1) is 5.38 Å². The Kier molecular flexibility index (Phi) is 2.82. The predicted molar refractivity (Wildman–Crippen MR) is 45.2 cm³/mol. The highest BCUT2D eigenvalue weighted by Crippen LogP contribution is 2.12. The van der Waals surface area contributed by atoms with Crippen molar-refractivity contribution in [2.45, 2.75) is 18.2 Å². The summed E-state index contributed by atoms with van der Waals surface area (Å²) in [4.78, 5) is 0. The molecule has 0 heterocycles. The summed E-state index contributed by atoms with van der Waals surface area (Å²) >= 11 is 5.88. The SMILES string of the molecule is CNC1=CCC(Cl)C=CC1. The highest BCUT2D eigenvalue weighted by molar-refractivity contribution is 6.21. The van der Waals surface area contributed by atoms with Crippen molar-refractivity contribution in [3.05, 3.63) is 23.9 Å². The van der Waals surface area contributed by atoms with Crippen molar-refractivity contribution in [1.82, 2.24) is 5.32 Å². The summed E-state index contributed by atoms with van der Waals surface area (Å²) in [6, 6.07) is 0. The number of alkyl halides is 1. The van der Waals surface area contributed by atoms with Crippen LogP contribution in [0.2, 0.25) is 0 Å². The van der Waals surface area contributed by atoms with Gasteiger partial charge < -0.3 is 5.32 Å². The van der Waals surface area contributed by atoms with Crippen LogP contribution in [0.25, 0.3) is 0 Å². The van der Waals surface area contributed by atoms with Crippen LogP contribution in [-0.4, -0.2) is 12.4 Å². The molecule has 0 saturated carbocycles. The third kappa shape index (κ3) is 2.07. The lowest BCUT2D eigenvalue weighted by Gasteiger charge is -2.00. The van der Waals surface area contributed by atoms with Gasteiger partial charge in [0.1, 0.15) is 0 Å². The lowest BCUT2D eigenvalue weighted by Crippen LogP contribution is -2.03. The summed E-state index contributed by atoms with van der Waals surface area (Å²) < 4.78 is 0. The van der Waals surface area contributed by atoms with Crippen LogP contribution >= 0.6 is 11.6 Å². The molecule has 56 valence electrons. The summed E-state index contributed by atoms with van der Waals surface area (Å²) in [7, 11) is 1.94. The lowest BCUT2D eigenvalue weighted by atomic mass is 10.3. The van der Waals surface area contributed by atoms with Gasteiger partial charge in [0, 0.05) is 19.2 Å². The Hall–Kier alpha value is -0.430. The van der Waals surface area contributed by atoms with Gasteiger partial charge in [-0.2, -0.15) is 0 Å². The Morgan fingerprint density at radius 2 is 2.50 bits per heavy atom. The van der Waals surface area contributed by atoms with E-state index in [1.54, 1.807) is 0 Å². The maximum Gasteiger partial charge on any atom is 0.0551 e. The maximum absolute atomic E-state index is 5.88. The zero-order valence-corrected chi connectivity index (χ0v) is 6.86. The predicted octanol–water partition coefficient (Wildman–Crippen LogP) is 2.05. The van der Waals surface area contributed by atoms with E-state index >= 15 is 0 Å². The van der Waals surface area contributed by atoms with Gasteiger partial charge in [-0.25, -0.2) is 0 Å². The van der Waals surface area contributed by atoms with Gasteiger partial charge in [0.25, 0.3) is 0 Å². The molecule has 1 atom stereocenters. The molecule has 0 aromatic carbocycles. The fourth-order valence-electron chi connectivity index (χ4n) is 0.964. The van der Waals surface area contributed by atoms with Crippen LogP contribution in [-0.2, 0) is 0 Å². The third-order valence-corrected chi connectivity index (χ3v) is 1.92. The largest absolute Gasteiger partial charge is 0.391 e. The highest BCUT2D eigenvalue weighted by atomic mass is 35.5. The smallest absolute Gasteiger partial charge is 0.0551 e. The summed E-state index contributed by atoms with van der Waals surface area (Å²) in [6.07, 6.45) is 8.22. The second-order valence-electron chi connectivity index (χ2n) is 2.36. The highest BCUT2D eigenvalue weighted by Gasteiger charge is 2.01. The molecule has 0 spiro atoms. The maximum atomic E-state index is 5.88. The Morgan fingerprint density at radius 1 is 1.70 bits per heavy atom. The Labute approximate surface area is 66.8 Å². The molecule has 0 aromatic rings. The van der Waals surface area contributed by atoms with Gasteiger partial charge in [0.15, 0.2) is 0 Å². The van der Waals surface area contributed by atoms with E-state index in [1.165, 1.54) is 5.70 Å². The molecule has 1 nitrogen and oxygen atoms in total. The summed E-state index contributed by atoms with van der Waals surface area (Å²) in [5.41, 5.74) is 1.26. The molecule has 1 unspecified atom stereocenters. The molecular weight excluding hydrogens is 146 g/mol. The van der Waals surface area contributed by atoms with E-state index in [1.807, 2.05) is 13.1 Å². The van der Waals surface area contributed by atoms with E-state index in [0.29, 0.717) is 0 Å². The van der Waals surface area contributed by atoms with Crippen LogP contribution in [0.3, 0.4) is 0 Å². The molecule has 0 bridgehead atoms. The van der Waals surface area contributed by atoms with Crippen LogP contribution in [0.15, 0.2) is 23.9 Å². The Bertz CT molecular complexity index is 161. The summed E-state index contributed by atoms with van der Waals surface area (Å²) in [5, 5.41) is 3.30. The number of halogens is 1. The van der Waals surface area contributed by atoms with Crippen LogP contribution in [0.4, 0.5) is 0 Å². The van der Waals surface area contributed by atoms with E-state index in [0.717, 1.165) is 12.8 Å². The van der Waals surface area contributed by atoms with Crippen LogP contribution in [0.1, 0.15) is 12.8 Å². The number of allylic oxidation sites excluding steroid dienone is 3. The van der Waals surface area contributed by atoms with Gasteiger partial charge in [-0.05, 0) is 6.42 Å². The van der Waals surface area contributed by atoms with Crippen molar-refractivity contribution in [2.24, 2.45) is 0 Å². The van der Waals surface area contributed by atoms with E-state index in [2.05, 4.69) is 17.5 Å². The van der Waals surface area contributed by atoms with Gasteiger partial charge in [-0.3, -0.25) is 0 Å². The van der Waals surface area contributed by atoms with Crippen molar-refractivity contribution in [1.29, 1.82) is 0 Å². The first kappa shape index (κ1) is 7.67. The molecule has 0 amide bonds. The normalized spacial score (nSPS) is 25.4. The minimum absolute atomic E-state index is 0.186. The minimum atomic E-state index is 0.186. The average Bonchev–Trinajstić information content (AvgIpc) is 2.14. The topological polar surface area (TPSA) is 12.0 Å². The molecule has 0 aliphatic heterocycles. The third-order valence-electron chi connectivity index (χ3n) is 1.59. The first-order valence-corrected chi connectivity index (χ1v) is 3.94. The average molecular weight is 158 g/mol. The van der Waals surface area contributed by atoms with Crippen LogP contribution in [0, 0.1) is 0 Å². The molecule has 0 saturated heterocycles. The first-order chi connectivity index (χ1) is 4.83. The number of hydrogen-bond donors (Lipinski definition) is 1. The molecule has 0 aromatic heterocycles. The summed E-state index contributed by atoms with van der Waals surface area (Å²) in [5.74, 6) is 0. The molecule has 1 aliphatic rings. The molecule has 10 heavy (non-hydrogen) atoms. The molecular formula is C8H12ClN. The van der Waals surface area contributed by atoms with Gasteiger partial charge >= 0.3 is 0 Å². The second-order valence-corrected chi connectivity index (χ2v) is 2.92. The van der Waals surface area contributed by atoms with Crippen molar-refractivity contribution < 1.29 is 0 Å². The lowest BCUT2D eigenvalue weighted by molar-refractivity contribution is 0.924. The molecule has 1 aliphatic carbocycles. The fourth-order valence-corrected chi connectivity index (χ4v) is 1.16. The molecule has 0 radical (unpaired) electrons. The molecule has 2 heteroatoms.